The van der Waals surface area contributed by atoms with E-state index in [-0.39, 0.29) is 11.9 Å². The molecule has 1 aromatic carbocycles. The molecule has 0 spiro atoms. The molecule has 0 aromatic heterocycles. The summed E-state index contributed by atoms with van der Waals surface area (Å²) in [6.07, 6.45) is 0. The van der Waals surface area contributed by atoms with Crippen molar-refractivity contribution >= 4 is 21.9 Å². The van der Waals surface area contributed by atoms with Crippen molar-refractivity contribution < 1.29 is 14.3 Å². The van der Waals surface area contributed by atoms with Gasteiger partial charge in [0.25, 0.3) is 0 Å². The first-order chi connectivity index (χ1) is 8.11. The number of carbonyl (C=O) groups excluding carboxylic acids is 1. The zero-order valence-electron chi connectivity index (χ0n) is 10.3. The van der Waals surface area contributed by atoms with Crippen LogP contribution in [0, 0.1) is 0 Å². The second-order valence-corrected chi connectivity index (χ2v) is 4.42. The summed E-state index contributed by atoms with van der Waals surface area (Å²) in [5, 5.41) is 0. The molecule has 94 valence electrons. The van der Waals surface area contributed by atoms with E-state index in [1.54, 1.807) is 6.92 Å². The smallest absolute Gasteiger partial charge is 0.313 e. The van der Waals surface area contributed by atoms with Crippen molar-refractivity contribution in [3.05, 3.63) is 28.2 Å². The van der Waals surface area contributed by atoms with Crippen LogP contribution in [0.15, 0.2) is 22.7 Å². The number of esters is 1. The first-order valence-corrected chi connectivity index (χ1v) is 6.48. The van der Waals surface area contributed by atoms with Crippen LogP contribution >= 0.6 is 15.9 Å². The van der Waals surface area contributed by atoms with Gasteiger partial charge in [-0.2, -0.15) is 0 Å². The van der Waals surface area contributed by atoms with Crippen LogP contribution in [-0.2, 0) is 9.53 Å². The average molecular weight is 301 g/mol. The Morgan fingerprint density at radius 3 is 2.65 bits per heavy atom. The maximum atomic E-state index is 11.7. The molecule has 17 heavy (non-hydrogen) atoms. The van der Waals surface area contributed by atoms with E-state index in [2.05, 4.69) is 15.9 Å². The highest BCUT2D eigenvalue weighted by Crippen LogP contribution is 2.34. The number of ether oxygens (including phenoxy) is 2. The molecule has 3 nitrogen and oxygen atoms in total. The van der Waals surface area contributed by atoms with E-state index in [4.69, 9.17) is 9.47 Å². The molecule has 0 aliphatic heterocycles. The fourth-order valence-corrected chi connectivity index (χ4v) is 2.05. The topological polar surface area (TPSA) is 35.5 Å². The van der Waals surface area contributed by atoms with Gasteiger partial charge in [-0.15, -0.1) is 0 Å². The SMILES string of the molecule is CCOC(=O)C(C)c1cccc(Br)c1OCC. The summed E-state index contributed by atoms with van der Waals surface area (Å²) in [7, 11) is 0. The number of carbonyl (C=O) groups is 1. The van der Waals surface area contributed by atoms with E-state index in [9.17, 15) is 4.79 Å². The Bertz CT molecular complexity index is 390. The summed E-state index contributed by atoms with van der Waals surface area (Å²) in [6, 6.07) is 5.67. The summed E-state index contributed by atoms with van der Waals surface area (Å²) in [5.74, 6) is 0.163. The number of rotatable bonds is 5. The van der Waals surface area contributed by atoms with E-state index in [0.717, 1.165) is 15.8 Å². The lowest BCUT2D eigenvalue weighted by Gasteiger charge is -2.16. The van der Waals surface area contributed by atoms with Crippen LogP contribution in [0.3, 0.4) is 0 Å². The van der Waals surface area contributed by atoms with Gasteiger partial charge in [0.1, 0.15) is 5.75 Å². The van der Waals surface area contributed by atoms with Crippen molar-refractivity contribution in [3.63, 3.8) is 0 Å². The molecule has 1 unspecified atom stereocenters. The van der Waals surface area contributed by atoms with Gasteiger partial charge < -0.3 is 9.47 Å². The molecule has 0 saturated heterocycles. The predicted octanol–water partition coefficient (Wildman–Crippen LogP) is 3.51. The summed E-state index contributed by atoms with van der Waals surface area (Å²) in [4.78, 5) is 11.7. The second-order valence-electron chi connectivity index (χ2n) is 3.56. The highest BCUT2D eigenvalue weighted by atomic mass is 79.9. The van der Waals surface area contributed by atoms with E-state index >= 15 is 0 Å². The Hall–Kier alpha value is -1.03. The molecule has 0 bridgehead atoms. The average Bonchev–Trinajstić information content (AvgIpc) is 2.31. The third kappa shape index (κ3) is 3.46. The zero-order chi connectivity index (χ0) is 12.8. The number of benzene rings is 1. The van der Waals surface area contributed by atoms with Crippen molar-refractivity contribution in [3.8, 4) is 5.75 Å². The van der Waals surface area contributed by atoms with E-state index in [0.29, 0.717) is 13.2 Å². The monoisotopic (exact) mass is 300 g/mol. The van der Waals surface area contributed by atoms with Crippen LogP contribution in [-0.4, -0.2) is 19.2 Å². The second kappa shape index (κ2) is 6.64. The van der Waals surface area contributed by atoms with Crippen molar-refractivity contribution in [2.24, 2.45) is 0 Å². The molecular weight excluding hydrogens is 284 g/mol. The fraction of sp³-hybridized carbons (Fsp3) is 0.462. The molecule has 0 amide bonds. The minimum atomic E-state index is -0.325. The van der Waals surface area contributed by atoms with Gasteiger partial charge in [0.15, 0.2) is 0 Å². The van der Waals surface area contributed by atoms with Crippen LogP contribution < -0.4 is 4.74 Å². The largest absolute Gasteiger partial charge is 0.492 e. The van der Waals surface area contributed by atoms with Crippen molar-refractivity contribution in [2.45, 2.75) is 26.7 Å². The number of hydrogen-bond acceptors (Lipinski definition) is 3. The lowest BCUT2D eigenvalue weighted by molar-refractivity contribution is -0.144. The van der Waals surface area contributed by atoms with Crippen LogP contribution in [0.5, 0.6) is 5.75 Å². The molecule has 1 rings (SSSR count). The highest BCUT2D eigenvalue weighted by molar-refractivity contribution is 9.10. The third-order valence-corrected chi connectivity index (χ3v) is 3.02. The Labute approximate surface area is 110 Å². The minimum Gasteiger partial charge on any atom is -0.492 e. The predicted molar refractivity (Wildman–Crippen MR) is 70.4 cm³/mol. The lowest BCUT2D eigenvalue weighted by Crippen LogP contribution is -2.14. The van der Waals surface area contributed by atoms with Gasteiger partial charge in [-0.25, -0.2) is 0 Å². The van der Waals surface area contributed by atoms with Gasteiger partial charge in [0.05, 0.1) is 23.6 Å². The molecule has 0 N–H and O–H groups in total. The number of para-hydroxylation sites is 1. The first-order valence-electron chi connectivity index (χ1n) is 5.69. The van der Waals surface area contributed by atoms with Gasteiger partial charge in [-0.05, 0) is 42.8 Å². The molecule has 1 aromatic rings. The summed E-state index contributed by atoms with van der Waals surface area (Å²) >= 11 is 3.43. The first kappa shape index (κ1) is 14.0. The highest BCUT2D eigenvalue weighted by Gasteiger charge is 2.21. The van der Waals surface area contributed by atoms with Crippen LogP contribution in [0.2, 0.25) is 0 Å². The fourth-order valence-electron chi connectivity index (χ4n) is 1.56. The molecule has 0 aliphatic rings. The van der Waals surface area contributed by atoms with Gasteiger partial charge in [-0.1, -0.05) is 12.1 Å². The molecule has 4 heteroatoms. The molecule has 1 atom stereocenters. The molecular formula is C13H17BrO3. The summed E-state index contributed by atoms with van der Waals surface area (Å²) in [5.41, 5.74) is 0.847. The number of halogens is 1. The Kier molecular flexibility index (Phi) is 5.48. The summed E-state index contributed by atoms with van der Waals surface area (Å²) in [6.45, 7) is 6.49. The van der Waals surface area contributed by atoms with Gasteiger partial charge in [0.2, 0.25) is 0 Å². The maximum Gasteiger partial charge on any atom is 0.313 e. The zero-order valence-corrected chi connectivity index (χ0v) is 11.9. The Balaban J connectivity index is 3.03. The molecule has 0 fully saturated rings. The number of hydrogen-bond donors (Lipinski definition) is 0. The Morgan fingerprint density at radius 2 is 2.06 bits per heavy atom. The molecule has 0 aliphatic carbocycles. The van der Waals surface area contributed by atoms with Crippen LogP contribution in [0.4, 0.5) is 0 Å². The van der Waals surface area contributed by atoms with Gasteiger partial charge >= 0.3 is 5.97 Å². The third-order valence-electron chi connectivity index (χ3n) is 2.39. The van der Waals surface area contributed by atoms with E-state index in [1.165, 1.54) is 0 Å². The molecule has 0 saturated carbocycles. The normalized spacial score (nSPS) is 12.0. The summed E-state index contributed by atoms with van der Waals surface area (Å²) < 4.78 is 11.4. The Morgan fingerprint density at radius 1 is 1.35 bits per heavy atom. The van der Waals surface area contributed by atoms with Gasteiger partial charge in [-0.3, -0.25) is 4.79 Å². The lowest BCUT2D eigenvalue weighted by atomic mass is 10.0. The van der Waals surface area contributed by atoms with Crippen molar-refractivity contribution in [1.29, 1.82) is 0 Å². The minimum absolute atomic E-state index is 0.230. The molecule has 0 heterocycles. The van der Waals surface area contributed by atoms with Crippen LogP contribution in [0.25, 0.3) is 0 Å². The van der Waals surface area contributed by atoms with E-state index in [1.807, 2.05) is 32.0 Å². The van der Waals surface area contributed by atoms with Crippen molar-refractivity contribution in [1.82, 2.24) is 0 Å². The maximum absolute atomic E-state index is 11.7. The van der Waals surface area contributed by atoms with Gasteiger partial charge in [0, 0.05) is 5.56 Å². The quantitative estimate of drug-likeness (QED) is 0.781. The van der Waals surface area contributed by atoms with Crippen LogP contribution in [0.1, 0.15) is 32.3 Å². The van der Waals surface area contributed by atoms with Crippen molar-refractivity contribution in [2.75, 3.05) is 13.2 Å². The standard InChI is InChI=1S/C13H17BrO3/c1-4-16-12-10(7-6-8-11(12)14)9(3)13(15)17-5-2/h6-9H,4-5H2,1-3H3. The van der Waals surface area contributed by atoms with E-state index < -0.39 is 0 Å². The molecule has 0 radical (unpaired) electrons.